The highest BCUT2D eigenvalue weighted by Crippen LogP contribution is 2.60. The number of hydrogen-bond donors (Lipinski definition) is 0. The molecule has 2 heterocycles. The fourth-order valence-corrected chi connectivity index (χ4v) is 4.18. The lowest BCUT2D eigenvalue weighted by Gasteiger charge is -2.23. The van der Waals surface area contributed by atoms with Crippen molar-refractivity contribution in [2.24, 2.45) is 17.3 Å². The standard InChI is InChI=1S/C19H27N3O2/c1-11(2)10-13-15(19(13,3)4)18(23)22-9-5-6-14(22)16-20-17(24-21-16)12-7-8-12/h10,12-15H,5-9H2,1-4H3/t13-,14+,15-/m1/s1. The largest absolute Gasteiger partial charge is 0.339 e. The summed E-state index contributed by atoms with van der Waals surface area (Å²) >= 11 is 0. The van der Waals surface area contributed by atoms with E-state index in [0.717, 1.165) is 38.1 Å². The zero-order chi connectivity index (χ0) is 17.1. The number of aromatic nitrogens is 2. The zero-order valence-corrected chi connectivity index (χ0v) is 15.1. The van der Waals surface area contributed by atoms with Crippen molar-refractivity contribution in [2.75, 3.05) is 6.54 Å². The fraction of sp³-hybridized carbons (Fsp3) is 0.737. The van der Waals surface area contributed by atoms with Crippen molar-refractivity contribution in [2.45, 2.75) is 65.3 Å². The average molecular weight is 329 g/mol. The molecule has 2 aliphatic carbocycles. The van der Waals surface area contributed by atoms with Gasteiger partial charge in [0.1, 0.15) is 0 Å². The van der Waals surface area contributed by atoms with Gasteiger partial charge in [-0.2, -0.15) is 4.98 Å². The van der Waals surface area contributed by atoms with E-state index in [2.05, 4.69) is 43.9 Å². The molecule has 1 saturated heterocycles. The number of hydrogen-bond acceptors (Lipinski definition) is 4. The van der Waals surface area contributed by atoms with Gasteiger partial charge in [-0.3, -0.25) is 4.79 Å². The summed E-state index contributed by atoms with van der Waals surface area (Å²) in [6, 6.07) is -0.00231. The van der Waals surface area contributed by atoms with E-state index >= 15 is 0 Å². The maximum Gasteiger partial charge on any atom is 0.229 e. The number of allylic oxidation sites excluding steroid dienone is 2. The van der Waals surface area contributed by atoms with E-state index in [1.807, 2.05) is 4.90 Å². The molecule has 0 aromatic carbocycles. The molecule has 0 radical (unpaired) electrons. The monoisotopic (exact) mass is 329 g/mol. The van der Waals surface area contributed by atoms with Gasteiger partial charge in [-0.25, -0.2) is 0 Å². The fourth-order valence-electron chi connectivity index (χ4n) is 4.18. The third-order valence-electron chi connectivity index (χ3n) is 5.91. The van der Waals surface area contributed by atoms with Crippen LogP contribution in [0.4, 0.5) is 0 Å². The molecule has 0 spiro atoms. The smallest absolute Gasteiger partial charge is 0.229 e. The van der Waals surface area contributed by atoms with Crippen molar-refractivity contribution in [3.05, 3.63) is 23.4 Å². The Kier molecular flexibility index (Phi) is 3.59. The Balaban J connectivity index is 1.52. The first-order chi connectivity index (χ1) is 11.4. The zero-order valence-electron chi connectivity index (χ0n) is 15.1. The Labute approximate surface area is 143 Å². The van der Waals surface area contributed by atoms with Crippen LogP contribution in [0.5, 0.6) is 0 Å². The van der Waals surface area contributed by atoms with E-state index in [0.29, 0.717) is 17.7 Å². The molecule has 3 aliphatic rings. The van der Waals surface area contributed by atoms with Gasteiger partial charge in [0.05, 0.1) is 12.0 Å². The van der Waals surface area contributed by atoms with Crippen LogP contribution < -0.4 is 0 Å². The van der Waals surface area contributed by atoms with Gasteiger partial charge in [0, 0.05) is 12.5 Å². The molecule has 1 aromatic heterocycles. The van der Waals surface area contributed by atoms with Gasteiger partial charge in [-0.1, -0.05) is 30.7 Å². The number of carbonyl (C=O) groups is 1. The minimum Gasteiger partial charge on any atom is -0.339 e. The van der Waals surface area contributed by atoms with Crippen LogP contribution in [0.15, 0.2) is 16.2 Å². The van der Waals surface area contributed by atoms with Crippen LogP contribution in [-0.4, -0.2) is 27.5 Å². The van der Waals surface area contributed by atoms with Gasteiger partial charge >= 0.3 is 0 Å². The lowest BCUT2D eigenvalue weighted by molar-refractivity contribution is -0.134. The number of nitrogens with zero attached hydrogens (tertiary/aromatic N) is 3. The van der Waals surface area contributed by atoms with E-state index in [1.54, 1.807) is 0 Å². The third kappa shape index (κ3) is 2.58. The van der Waals surface area contributed by atoms with Crippen LogP contribution in [0, 0.1) is 17.3 Å². The van der Waals surface area contributed by atoms with Crippen LogP contribution in [0.1, 0.15) is 77.1 Å². The van der Waals surface area contributed by atoms with Crippen LogP contribution in [0.2, 0.25) is 0 Å². The predicted molar refractivity (Wildman–Crippen MR) is 90.2 cm³/mol. The van der Waals surface area contributed by atoms with Crippen LogP contribution in [-0.2, 0) is 4.79 Å². The summed E-state index contributed by atoms with van der Waals surface area (Å²) < 4.78 is 5.41. The van der Waals surface area contributed by atoms with Crippen LogP contribution in [0.25, 0.3) is 0 Å². The predicted octanol–water partition coefficient (Wildman–Crippen LogP) is 3.85. The summed E-state index contributed by atoms with van der Waals surface area (Å²) in [6.45, 7) is 9.42. The maximum absolute atomic E-state index is 13.2. The van der Waals surface area contributed by atoms with Crippen LogP contribution in [0.3, 0.4) is 0 Å². The summed E-state index contributed by atoms with van der Waals surface area (Å²) in [5, 5.41) is 4.18. The van der Waals surface area contributed by atoms with Gasteiger partial charge in [-0.15, -0.1) is 0 Å². The van der Waals surface area contributed by atoms with Crippen molar-refractivity contribution < 1.29 is 9.32 Å². The number of amides is 1. The lowest BCUT2D eigenvalue weighted by Crippen LogP contribution is -2.33. The molecule has 4 rings (SSSR count). The lowest BCUT2D eigenvalue weighted by atomic mass is 10.1. The van der Waals surface area contributed by atoms with E-state index in [4.69, 9.17) is 4.52 Å². The quantitative estimate of drug-likeness (QED) is 0.787. The third-order valence-corrected chi connectivity index (χ3v) is 5.91. The second-order valence-electron chi connectivity index (χ2n) is 8.52. The van der Waals surface area contributed by atoms with Crippen molar-refractivity contribution >= 4 is 5.91 Å². The summed E-state index contributed by atoms with van der Waals surface area (Å²) in [7, 11) is 0. The average Bonchev–Trinajstić information content (AvgIpc) is 3.26. The van der Waals surface area contributed by atoms with E-state index < -0.39 is 0 Å². The van der Waals surface area contributed by atoms with Gasteiger partial charge in [0.2, 0.25) is 11.8 Å². The summed E-state index contributed by atoms with van der Waals surface area (Å²) in [4.78, 5) is 19.8. The molecule has 2 saturated carbocycles. The van der Waals surface area contributed by atoms with Gasteiger partial charge in [0.15, 0.2) is 5.82 Å². The number of rotatable bonds is 4. The topological polar surface area (TPSA) is 59.2 Å². The molecule has 0 N–H and O–H groups in total. The first-order valence-corrected chi connectivity index (χ1v) is 9.18. The van der Waals surface area contributed by atoms with Crippen molar-refractivity contribution in [1.29, 1.82) is 0 Å². The summed E-state index contributed by atoms with van der Waals surface area (Å²) in [5.41, 5.74) is 1.34. The Morgan fingerprint density at radius 3 is 2.71 bits per heavy atom. The maximum atomic E-state index is 13.2. The van der Waals surface area contributed by atoms with E-state index in [9.17, 15) is 4.79 Å². The molecule has 130 valence electrons. The molecule has 0 unspecified atom stereocenters. The highest BCUT2D eigenvalue weighted by Gasteiger charge is 2.62. The van der Waals surface area contributed by atoms with E-state index in [1.165, 1.54) is 5.57 Å². The number of carbonyl (C=O) groups excluding carboxylic acids is 1. The molecule has 5 heteroatoms. The van der Waals surface area contributed by atoms with Gasteiger partial charge < -0.3 is 9.42 Å². The molecule has 24 heavy (non-hydrogen) atoms. The molecule has 1 aliphatic heterocycles. The number of likely N-dealkylation sites (tertiary alicyclic amines) is 1. The molecule has 0 bridgehead atoms. The first kappa shape index (κ1) is 15.9. The van der Waals surface area contributed by atoms with Crippen molar-refractivity contribution in [3.63, 3.8) is 0 Å². The Morgan fingerprint density at radius 2 is 2.04 bits per heavy atom. The molecular weight excluding hydrogens is 302 g/mol. The van der Waals surface area contributed by atoms with Crippen molar-refractivity contribution in [1.82, 2.24) is 15.0 Å². The normalized spacial score (nSPS) is 31.2. The second kappa shape index (κ2) is 5.43. The van der Waals surface area contributed by atoms with Gasteiger partial charge in [-0.05, 0) is 50.9 Å². The summed E-state index contributed by atoms with van der Waals surface area (Å²) in [6.07, 6.45) is 6.51. The van der Waals surface area contributed by atoms with E-state index in [-0.39, 0.29) is 23.3 Å². The SMILES string of the molecule is CC(C)=C[C@@H]1[C@H](C(=O)N2CCC[C@H]2c2noc(C3CC3)n2)C1(C)C. The summed E-state index contributed by atoms with van der Waals surface area (Å²) in [5.74, 6) is 2.63. The molecule has 3 fully saturated rings. The Hall–Kier alpha value is -1.65. The first-order valence-electron chi connectivity index (χ1n) is 9.18. The molecule has 1 aromatic rings. The Morgan fingerprint density at radius 1 is 1.29 bits per heavy atom. The molecule has 1 amide bonds. The molecular formula is C19H27N3O2. The van der Waals surface area contributed by atoms with Gasteiger partial charge in [0.25, 0.3) is 0 Å². The van der Waals surface area contributed by atoms with Crippen LogP contribution >= 0.6 is 0 Å². The molecule has 5 nitrogen and oxygen atoms in total. The molecule has 3 atom stereocenters. The highest BCUT2D eigenvalue weighted by atomic mass is 16.5. The highest BCUT2D eigenvalue weighted by molar-refractivity contribution is 5.84. The Bertz CT molecular complexity index is 683. The van der Waals surface area contributed by atoms with Crippen molar-refractivity contribution in [3.8, 4) is 0 Å². The second-order valence-corrected chi connectivity index (χ2v) is 8.52. The minimum absolute atomic E-state index is 0.00231. The minimum atomic E-state index is -0.00231.